The summed E-state index contributed by atoms with van der Waals surface area (Å²) in [5.41, 5.74) is 1.87. The SMILES string of the molecule is CCCNC(=O)[C@@H](C)N(Cc1cccc(Cl)c1)C(=O)CN(c1cccc(OC)c1)S(=O)(=O)c1ccc(C)cc1. The molecule has 0 saturated heterocycles. The van der Waals surface area contributed by atoms with Crippen LogP contribution >= 0.6 is 11.6 Å². The monoisotopic (exact) mass is 571 g/mol. The summed E-state index contributed by atoms with van der Waals surface area (Å²) in [6.45, 7) is 5.41. The quantitative estimate of drug-likeness (QED) is 0.337. The molecule has 3 aromatic rings. The number of sulfonamides is 1. The molecule has 0 aliphatic heterocycles. The van der Waals surface area contributed by atoms with Crippen molar-refractivity contribution >= 4 is 39.1 Å². The summed E-state index contributed by atoms with van der Waals surface area (Å²) in [7, 11) is -2.68. The first-order chi connectivity index (χ1) is 18.6. The van der Waals surface area contributed by atoms with Crippen molar-refractivity contribution in [3.05, 3.63) is 88.9 Å². The number of nitrogens with zero attached hydrogens (tertiary/aromatic N) is 2. The Morgan fingerprint density at radius 1 is 1.03 bits per heavy atom. The van der Waals surface area contributed by atoms with Gasteiger partial charge in [0, 0.05) is 24.2 Å². The number of hydrogen-bond donors (Lipinski definition) is 1. The molecule has 1 N–H and O–H groups in total. The molecule has 0 heterocycles. The van der Waals surface area contributed by atoms with Crippen LogP contribution in [0.4, 0.5) is 5.69 Å². The Bertz CT molecular complexity index is 1400. The molecule has 0 bridgehead atoms. The lowest BCUT2D eigenvalue weighted by molar-refractivity contribution is -0.139. The lowest BCUT2D eigenvalue weighted by Gasteiger charge is -2.32. The van der Waals surface area contributed by atoms with E-state index >= 15 is 0 Å². The van der Waals surface area contributed by atoms with Gasteiger partial charge in [-0.25, -0.2) is 8.42 Å². The number of amides is 2. The van der Waals surface area contributed by atoms with E-state index in [0.717, 1.165) is 16.3 Å². The fourth-order valence-electron chi connectivity index (χ4n) is 3.94. The molecule has 39 heavy (non-hydrogen) atoms. The van der Waals surface area contributed by atoms with Gasteiger partial charge in [0.05, 0.1) is 17.7 Å². The summed E-state index contributed by atoms with van der Waals surface area (Å²) in [6.07, 6.45) is 0.735. The third-order valence-electron chi connectivity index (χ3n) is 6.19. The van der Waals surface area contributed by atoms with Crippen LogP contribution in [-0.4, -0.2) is 51.4 Å². The molecule has 8 nitrogen and oxygen atoms in total. The van der Waals surface area contributed by atoms with Crippen LogP contribution in [0.25, 0.3) is 0 Å². The van der Waals surface area contributed by atoms with E-state index in [1.54, 1.807) is 67.6 Å². The molecular formula is C29H34ClN3O5S. The highest BCUT2D eigenvalue weighted by atomic mass is 35.5. The Morgan fingerprint density at radius 2 is 1.72 bits per heavy atom. The molecule has 0 spiro atoms. The van der Waals surface area contributed by atoms with Gasteiger partial charge in [-0.3, -0.25) is 13.9 Å². The molecule has 0 radical (unpaired) electrons. The Labute approximate surface area is 235 Å². The van der Waals surface area contributed by atoms with E-state index in [0.29, 0.717) is 22.9 Å². The topological polar surface area (TPSA) is 96.0 Å². The van der Waals surface area contributed by atoms with E-state index in [9.17, 15) is 18.0 Å². The summed E-state index contributed by atoms with van der Waals surface area (Å²) in [5.74, 6) is -0.443. The number of rotatable bonds is 12. The number of nitrogens with one attached hydrogen (secondary N) is 1. The summed E-state index contributed by atoms with van der Waals surface area (Å²) in [5, 5.41) is 3.31. The largest absolute Gasteiger partial charge is 0.497 e. The maximum absolute atomic E-state index is 13.9. The maximum Gasteiger partial charge on any atom is 0.264 e. The van der Waals surface area contributed by atoms with Crippen molar-refractivity contribution in [1.29, 1.82) is 0 Å². The number of ether oxygens (including phenoxy) is 1. The van der Waals surface area contributed by atoms with Gasteiger partial charge in [-0.05, 0) is 62.2 Å². The summed E-state index contributed by atoms with van der Waals surface area (Å²) in [4.78, 5) is 28.2. The molecule has 0 fully saturated rings. The highest BCUT2D eigenvalue weighted by Gasteiger charge is 2.32. The minimum atomic E-state index is -4.16. The van der Waals surface area contributed by atoms with E-state index in [2.05, 4.69) is 5.32 Å². The second-order valence-corrected chi connectivity index (χ2v) is 11.4. The molecule has 0 saturated carbocycles. The van der Waals surface area contributed by atoms with Gasteiger partial charge in [0.25, 0.3) is 10.0 Å². The van der Waals surface area contributed by atoms with Crippen LogP contribution in [0.2, 0.25) is 5.02 Å². The highest BCUT2D eigenvalue weighted by Crippen LogP contribution is 2.28. The first-order valence-corrected chi connectivity index (χ1v) is 14.4. The predicted molar refractivity (Wildman–Crippen MR) is 153 cm³/mol. The Morgan fingerprint density at radius 3 is 2.36 bits per heavy atom. The van der Waals surface area contributed by atoms with Crippen LogP contribution in [0.1, 0.15) is 31.4 Å². The number of anilines is 1. The average molecular weight is 572 g/mol. The summed E-state index contributed by atoms with van der Waals surface area (Å²) in [6, 6.07) is 19.0. The van der Waals surface area contributed by atoms with Gasteiger partial charge in [-0.15, -0.1) is 0 Å². The molecule has 3 aromatic carbocycles. The minimum Gasteiger partial charge on any atom is -0.497 e. The van der Waals surface area contributed by atoms with Gasteiger partial charge >= 0.3 is 0 Å². The number of benzene rings is 3. The number of carbonyl (C=O) groups excluding carboxylic acids is 2. The van der Waals surface area contributed by atoms with Gasteiger partial charge in [0.2, 0.25) is 11.8 Å². The fourth-order valence-corrected chi connectivity index (χ4v) is 5.56. The van der Waals surface area contributed by atoms with E-state index in [4.69, 9.17) is 16.3 Å². The fraction of sp³-hybridized carbons (Fsp3) is 0.310. The molecule has 2 amide bonds. The molecule has 208 valence electrons. The van der Waals surface area contributed by atoms with Crippen LogP contribution in [0.3, 0.4) is 0 Å². The van der Waals surface area contributed by atoms with E-state index in [1.165, 1.54) is 24.1 Å². The average Bonchev–Trinajstić information content (AvgIpc) is 2.93. The normalized spacial score (nSPS) is 11.9. The first-order valence-electron chi connectivity index (χ1n) is 12.6. The number of methoxy groups -OCH3 is 1. The molecule has 0 unspecified atom stereocenters. The van der Waals surface area contributed by atoms with E-state index in [1.807, 2.05) is 13.8 Å². The highest BCUT2D eigenvalue weighted by molar-refractivity contribution is 7.92. The number of hydrogen-bond acceptors (Lipinski definition) is 5. The second kappa shape index (κ2) is 13.5. The third kappa shape index (κ3) is 7.74. The molecule has 3 rings (SSSR count). The summed E-state index contributed by atoms with van der Waals surface area (Å²) < 4.78 is 34.1. The van der Waals surface area contributed by atoms with Crippen molar-refractivity contribution in [2.75, 3.05) is 24.5 Å². The zero-order valence-electron chi connectivity index (χ0n) is 22.6. The van der Waals surface area contributed by atoms with Crippen LogP contribution in [0, 0.1) is 6.92 Å². The van der Waals surface area contributed by atoms with Crippen molar-refractivity contribution in [2.45, 2.75) is 44.7 Å². The predicted octanol–water partition coefficient (Wildman–Crippen LogP) is 4.80. The number of aryl methyl sites for hydroxylation is 1. The Balaban J connectivity index is 2.04. The lowest BCUT2D eigenvalue weighted by atomic mass is 10.1. The van der Waals surface area contributed by atoms with E-state index < -0.39 is 28.5 Å². The van der Waals surface area contributed by atoms with Crippen molar-refractivity contribution in [1.82, 2.24) is 10.2 Å². The summed E-state index contributed by atoms with van der Waals surface area (Å²) >= 11 is 6.17. The van der Waals surface area contributed by atoms with Crippen LogP contribution < -0.4 is 14.4 Å². The van der Waals surface area contributed by atoms with Gasteiger partial charge in [0.15, 0.2) is 0 Å². The Kier molecular flexibility index (Phi) is 10.4. The molecule has 10 heteroatoms. The minimum absolute atomic E-state index is 0.0406. The number of halogens is 1. The van der Waals surface area contributed by atoms with Crippen LogP contribution in [-0.2, 0) is 26.2 Å². The van der Waals surface area contributed by atoms with Gasteiger partial charge in [0.1, 0.15) is 18.3 Å². The standard InChI is InChI=1S/C29H34ClN3O5S/c1-5-16-31-29(35)22(3)32(19-23-8-6-9-24(30)17-23)28(34)20-33(25-10-7-11-26(18-25)38-4)39(36,37)27-14-12-21(2)13-15-27/h6-15,17-18,22H,5,16,19-20H2,1-4H3,(H,31,35)/t22-/m1/s1. The maximum atomic E-state index is 13.9. The second-order valence-electron chi connectivity index (χ2n) is 9.14. The molecular weight excluding hydrogens is 538 g/mol. The molecule has 0 aliphatic carbocycles. The van der Waals surface area contributed by atoms with E-state index in [-0.39, 0.29) is 23.0 Å². The molecule has 0 aliphatic rings. The van der Waals surface area contributed by atoms with Crippen LogP contribution in [0.15, 0.2) is 77.7 Å². The van der Waals surface area contributed by atoms with Crippen molar-refractivity contribution in [2.24, 2.45) is 0 Å². The van der Waals surface area contributed by atoms with Crippen molar-refractivity contribution < 1.29 is 22.7 Å². The van der Waals surface area contributed by atoms with Gasteiger partial charge in [-0.1, -0.05) is 54.4 Å². The zero-order chi connectivity index (χ0) is 28.6. The molecule has 1 atom stereocenters. The van der Waals surface area contributed by atoms with Crippen molar-refractivity contribution in [3.8, 4) is 5.75 Å². The smallest absolute Gasteiger partial charge is 0.264 e. The van der Waals surface area contributed by atoms with Crippen LogP contribution in [0.5, 0.6) is 5.75 Å². The first kappa shape index (κ1) is 30.0. The number of carbonyl (C=O) groups is 2. The third-order valence-corrected chi connectivity index (χ3v) is 8.21. The lowest BCUT2D eigenvalue weighted by Crippen LogP contribution is -2.51. The molecule has 0 aromatic heterocycles. The van der Waals surface area contributed by atoms with Gasteiger partial charge < -0.3 is 15.0 Å². The Hall–Kier alpha value is -3.56. The van der Waals surface area contributed by atoms with Crippen molar-refractivity contribution in [3.63, 3.8) is 0 Å². The van der Waals surface area contributed by atoms with Gasteiger partial charge in [-0.2, -0.15) is 0 Å². The zero-order valence-corrected chi connectivity index (χ0v) is 24.1.